The summed E-state index contributed by atoms with van der Waals surface area (Å²) in [4.78, 5) is 4.45. The van der Waals surface area contributed by atoms with Crippen molar-refractivity contribution in [1.29, 1.82) is 0 Å². The normalized spacial score (nSPS) is 11.6. The Morgan fingerprint density at radius 3 is 3.14 bits per heavy atom. The van der Waals surface area contributed by atoms with Crippen LogP contribution in [0.15, 0.2) is 24.4 Å². The third kappa shape index (κ3) is 0.902. The standard InChI is InChI=1S/C10H8ClN3/c1-6-4-8-9(5-7(6)11)14-10(13-8)2-3-12-14/h2-5,12H,1H3. The maximum absolute atomic E-state index is 6.06. The molecule has 0 amide bonds. The fourth-order valence-electron chi connectivity index (χ4n) is 1.66. The van der Waals surface area contributed by atoms with E-state index >= 15 is 0 Å². The third-order valence-electron chi connectivity index (χ3n) is 2.40. The van der Waals surface area contributed by atoms with E-state index in [1.54, 1.807) is 0 Å². The summed E-state index contributed by atoms with van der Waals surface area (Å²) in [5.41, 5.74) is 3.96. The topological polar surface area (TPSA) is 33.1 Å². The summed E-state index contributed by atoms with van der Waals surface area (Å²) in [5, 5.41) is 3.86. The van der Waals surface area contributed by atoms with Gasteiger partial charge in [-0.3, -0.25) is 5.10 Å². The number of aromatic nitrogens is 3. The number of aromatic amines is 1. The molecular formula is C10H8ClN3. The average Bonchev–Trinajstić information content (AvgIpc) is 2.68. The second-order valence-corrected chi connectivity index (χ2v) is 3.77. The molecule has 2 heterocycles. The number of imidazole rings is 1. The van der Waals surface area contributed by atoms with Gasteiger partial charge in [-0.05, 0) is 24.6 Å². The van der Waals surface area contributed by atoms with Crippen molar-refractivity contribution in [3.8, 4) is 0 Å². The quantitative estimate of drug-likeness (QED) is 0.602. The molecule has 2 aromatic heterocycles. The lowest BCUT2D eigenvalue weighted by molar-refractivity contribution is 1.01. The van der Waals surface area contributed by atoms with Gasteiger partial charge in [0.15, 0.2) is 5.65 Å². The molecule has 0 unspecified atom stereocenters. The van der Waals surface area contributed by atoms with Gasteiger partial charge in [0.05, 0.1) is 11.0 Å². The number of halogens is 1. The van der Waals surface area contributed by atoms with Gasteiger partial charge in [0.1, 0.15) is 0 Å². The average molecular weight is 206 g/mol. The number of nitrogens with zero attached hydrogens (tertiary/aromatic N) is 2. The molecule has 0 saturated heterocycles. The van der Waals surface area contributed by atoms with Crippen molar-refractivity contribution >= 4 is 28.3 Å². The van der Waals surface area contributed by atoms with Crippen LogP contribution in [0.2, 0.25) is 5.02 Å². The van der Waals surface area contributed by atoms with E-state index in [2.05, 4.69) is 10.1 Å². The highest BCUT2D eigenvalue weighted by atomic mass is 35.5. The molecular weight excluding hydrogens is 198 g/mol. The SMILES string of the molecule is Cc1cc2nc3cc[nH]n3c2cc1Cl. The van der Waals surface area contributed by atoms with E-state index in [0.717, 1.165) is 27.3 Å². The predicted molar refractivity (Wildman–Crippen MR) is 56.8 cm³/mol. The van der Waals surface area contributed by atoms with Gasteiger partial charge in [-0.15, -0.1) is 0 Å². The Balaban J connectivity index is 2.57. The van der Waals surface area contributed by atoms with Crippen LogP contribution >= 0.6 is 11.6 Å². The zero-order valence-electron chi connectivity index (χ0n) is 7.58. The van der Waals surface area contributed by atoms with Crippen LogP contribution in [-0.4, -0.2) is 14.6 Å². The summed E-state index contributed by atoms with van der Waals surface area (Å²) in [7, 11) is 0. The summed E-state index contributed by atoms with van der Waals surface area (Å²) < 4.78 is 1.92. The van der Waals surface area contributed by atoms with Gasteiger partial charge in [0.25, 0.3) is 0 Å². The number of nitrogens with one attached hydrogen (secondary N) is 1. The smallest absolute Gasteiger partial charge is 0.154 e. The highest BCUT2D eigenvalue weighted by Gasteiger charge is 2.06. The number of benzene rings is 1. The van der Waals surface area contributed by atoms with Crippen LogP contribution in [0, 0.1) is 6.92 Å². The van der Waals surface area contributed by atoms with Crippen LogP contribution in [-0.2, 0) is 0 Å². The minimum absolute atomic E-state index is 0.772. The van der Waals surface area contributed by atoms with E-state index < -0.39 is 0 Å². The maximum Gasteiger partial charge on any atom is 0.154 e. The van der Waals surface area contributed by atoms with Crippen LogP contribution < -0.4 is 0 Å². The highest BCUT2D eigenvalue weighted by molar-refractivity contribution is 6.32. The van der Waals surface area contributed by atoms with E-state index in [1.165, 1.54) is 0 Å². The van der Waals surface area contributed by atoms with E-state index in [0.29, 0.717) is 0 Å². The molecule has 0 saturated carbocycles. The summed E-state index contributed by atoms with van der Waals surface area (Å²) in [6.07, 6.45) is 1.86. The van der Waals surface area contributed by atoms with E-state index in [1.807, 2.05) is 35.8 Å². The number of H-pyrrole nitrogens is 1. The van der Waals surface area contributed by atoms with Crippen molar-refractivity contribution in [2.75, 3.05) is 0 Å². The summed E-state index contributed by atoms with van der Waals surface area (Å²) >= 11 is 6.06. The van der Waals surface area contributed by atoms with E-state index in [9.17, 15) is 0 Å². The van der Waals surface area contributed by atoms with Crippen molar-refractivity contribution in [3.05, 3.63) is 35.0 Å². The first-order chi connectivity index (χ1) is 6.75. The second kappa shape index (κ2) is 2.51. The summed E-state index contributed by atoms with van der Waals surface area (Å²) in [5.74, 6) is 0. The number of rotatable bonds is 0. The van der Waals surface area contributed by atoms with E-state index in [-0.39, 0.29) is 0 Å². The lowest BCUT2D eigenvalue weighted by Crippen LogP contribution is -1.83. The van der Waals surface area contributed by atoms with Crippen molar-refractivity contribution in [1.82, 2.24) is 14.6 Å². The minimum Gasteiger partial charge on any atom is -0.299 e. The largest absolute Gasteiger partial charge is 0.299 e. The Morgan fingerprint density at radius 1 is 1.43 bits per heavy atom. The molecule has 3 nitrogen and oxygen atoms in total. The molecule has 0 fully saturated rings. The first kappa shape index (κ1) is 7.88. The lowest BCUT2D eigenvalue weighted by Gasteiger charge is -1.96. The Kier molecular flexibility index (Phi) is 1.42. The van der Waals surface area contributed by atoms with Gasteiger partial charge in [-0.2, -0.15) is 0 Å². The highest BCUT2D eigenvalue weighted by Crippen LogP contribution is 2.23. The van der Waals surface area contributed by atoms with Gasteiger partial charge in [-0.25, -0.2) is 9.50 Å². The van der Waals surface area contributed by atoms with Crippen molar-refractivity contribution in [2.45, 2.75) is 6.92 Å². The summed E-state index contributed by atoms with van der Waals surface area (Å²) in [6.45, 7) is 1.98. The third-order valence-corrected chi connectivity index (χ3v) is 2.80. The molecule has 0 aliphatic rings. The molecule has 3 aromatic rings. The lowest BCUT2D eigenvalue weighted by atomic mass is 10.2. The molecule has 0 bridgehead atoms. The molecule has 4 heteroatoms. The van der Waals surface area contributed by atoms with Crippen LogP contribution in [0.1, 0.15) is 5.56 Å². The van der Waals surface area contributed by atoms with Crippen molar-refractivity contribution in [2.24, 2.45) is 0 Å². The molecule has 0 radical (unpaired) electrons. The Labute approximate surface area is 85.3 Å². The van der Waals surface area contributed by atoms with Crippen LogP contribution in [0.4, 0.5) is 0 Å². The fraction of sp³-hybridized carbons (Fsp3) is 0.100. The van der Waals surface area contributed by atoms with Gasteiger partial charge in [0, 0.05) is 17.3 Å². The van der Waals surface area contributed by atoms with Gasteiger partial charge in [0.2, 0.25) is 0 Å². The molecule has 0 aliphatic carbocycles. The monoisotopic (exact) mass is 205 g/mol. The number of fused-ring (bicyclic) bond motifs is 3. The molecule has 70 valence electrons. The molecule has 1 aromatic carbocycles. The van der Waals surface area contributed by atoms with E-state index in [4.69, 9.17) is 11.6 Å². The molecule has 0 aliphatic heterocycles. The molecule has 0 atom stereocenters. The number of aryl methyl sites for hydroxylation is 1. The fourth-order valence-corrected chi connectivity index (χ4v) is 1.81. The van der Waals surface area contributed by atoms with Crippen LogP contribution in [0.3, 0.4) is 0 Å². The van der Waals surface area contributed by atoms with Gasteiger partial charge >= 0.3 is 0 Å². The molecule has 0 spiro atoms. The van der Waals surface area contributed by atoms with Gasteiger partial charge < -0.3 is 0 Å². The molecule has 14 heavy (non-hydrogen) atoms. The Morgan fingerprint density at radius 2 is 2.29 bits per heavy atom. The van der Waals surface area contributed by atoms with Gasteiger partial charge in [-0.1, -0.05) is 11.6 Å². The minimum atomic E-state index is 0.772. The first-order valence-electron chi connectivity index (χ1n) is 4.37. The van der Waals surface area contributed by atoms with Crippen molar-refractivity contribution in [3.63, 3.8) is 0 Å². The number of hydrogen-bond donors (Lipinski definition) is 1. The zero-order valence-corrected chi connectivity index (χ0v) is 8.34. The van der Waals surface area contributed by atoms with Crippen molar-refractivity contribution < 1.29 is 0 Å². The maximum atomic E-state index is 6.06. The Bertz CT molecular complexity index is 621. The number of hydrogen-bond acceptors (Lipinski definition) is 1. The Hall–Kier alpha value is -1.48. The predicted octanol–water partition coefficient (Wildman–Crippen LogP) is 2.78. The summed E-state index contributed by atoms with van der Waals surface area (Å²) in [6, 6.07) is 5.87. The second-order valence-electron chi connectivity index (χ2n) is 3.36. The molecule has 3 rings (SSSR count). The first-order valence-corrected chi connectivity index (χ1v) is 4.75. The van der Waals surface area contributed by atoms with Crippen LogP contribution in [0.25, 0.3) is 16.7 Å². The molecule has 1 N–H and O–H groups in total. The zero-order chi connectivity index (χ0) is 9.71. The van der Waals surface area contributed by atoms with Crippen LogP contribution in [0.5, 0.6) is 0 Å².